The van der Waals surface area contributed by atoms with Gasteiger partial charge in [-0.3, -0.25) is 0 Å². The summed E-state index contributed by atoms with van der Waals surface area (Å²) in [5.74, 6) is 0.307. The maximum atomic E-state index is 12.3. The van der Waals surface area contributed by atoms with E-state index in [1.54, 1.807) is 67.5 Å². The molecule has 0 spiro atoms. The highest BCUT2D eigenvalue weighted by atomic mass is 32.2. The number of nitrogens with zero attached hydrogens (tertiary/aromatic N) is 1. The standard InChI is InChI=1S/C18H19NO3S2/c1-4-22-18(20)15(12-17(23-3)16-6-5-11-24-16)19-13-7-9-14(21-2)10-8-13/h5-12H,4H2,1-3H3/b17-12-,19-15?. The molecule has 1 aromatic carbocycles. The van der Waals surface area contributed by atoms with Crippen LogP contribution >= 0.6 is 23.1 Å². The minimum atomic E-state index is -0.434. The lowest BCUT2D eigenvalue weighted by Crippen LogP contribution is -2.15. The van der Waals surface area contributed by atoms with E-state index < -0.39 is 5.97 Å². The summed E-state index contributed by atoms with van der Waals surface area (Å²) in [7, 11) is 1.61. The van der Waals surface area contributed by atoms with Crippen molar-refractivity contribution in [3.63, 3.8) is 0 Å². The van der Waals surface area contributed by atoms with Crippen LogP contribution in [0, 0.1) is 0 Å². The van der Waals surface area contributed by atoms with Crippen LogP contribution in [0.15, 0.2) is 52.8 Å². The first kappa shape index (κ1) is 18.3. The van der Waals surface area contributed by atoms with E-state index in [1.165, 1.54) is 0 Å². The van der Waals surface area contributed by atoms with Gasteiger partial charge in [0.25, 0.3) is 0 Å². The van der Waals surface area contributed by atoms with Crippen LogP contribution in [-0.4, -0.2) is 31.7 Å². The van der Waals surface area contributed by atoms with E-state index in [0.29, 0.717) is 12.3 Å². The number of benzene rings is 1. The molecule has 0 unspecified atom stereocenters. The van der Waals surface area contributed by atoms with Gasteiger partial charge in [-0.1, -0.05) is 6.07 Å². The molecule has 1 aromatic heterocycles. The Morgan fingerprint density at radius 2 is 2.04 bits per heavy atom. The van der Waals surface area contributed by atoms with Crippen LogP contribution in [0.1, 0.15) is 11.8 Å². The van der Waals surface area contributed by atoms with Gasteiger partial charge in [0, 0.05) is 9.78 Å². The third-order valence-electron chi connectivity index (χ3n) is 3.06. The van der Waals surface area contributed by atoms with Crippen molar-refractivity contribution in [2.75, 3.05) is 20.0 Å². The van der Waals surface area contributed by atoms with E-state index >= 15 is 0 Å². The second-order valence-electron chi connectivity index (χ2n) is 4.61. The first-order valence-electron chi connectivity index (χ1n) is 7.37. The molecule has 4 nitrogen and oxygen atoms in total. The zero-order valence-electron chi connectivity index (χ0n) is 13.8. The number of thiophene rings is 1. The van der Waals surface area contributed by atoms with Crippen molar-refractivity contribution in [3.05, 3.63) is 52.7 Å². The van der Waals surface area contributed by atoms with E-state index in [4.69, 9.17) is 9.47 Å². The fourth-order valence-electron chi connectivity index (χ4n) is 1.91. The number of esters is 1. The molecule has 0 atom stereocenters. The lowest BCUT2D eigenvalue weighted by atomic mass is 10.2. The molecule has 0 saturated carbocycles. The van der Waals surface area contributed by atoms with E-state index in [2.05, 4.69) is 4.99 Å². The second-order valence-corrected chi connectivity index (χ2v) is 6.40. The fourth-order valence-corrected chi connectivity index (χ4v) is 3.44. The van der Waals surface area contributed by atoms with Gasteiger partial charge in [0.15, 0.2) is 0 Å². The van der Waals surface area contributed by atoms with Gasteiger partial charge >= 0.3 is 5.97 Å². The number of ether oxygens (including phenoxy) is 2. The van der Waals surface area contributed by atoms with Gasteiger partial charge in [-0.25, -0.2) is 9.79 Å². The third-order valence-corrected chi connectivity index (χ3v) is 4.87. The zero-order chi connectivity index (χ0) is 17.4. The minimum Gasteiger partial charge on any atom is -0.497 e. The number of carbonyl (C=O) groups is 1. The SMILES string of the molecule is CCOC(=O)C(/C=C(\SC)c1cccs1)=Nc1ccc(OC)cc1. The smallest absolute Gasteiger partial charge is 0.356 e. The highest BCUT2D eigenvalue weighted by Crippen LogP contribution is 2.29. The normalized spacial score (nSPS) is 12.1. The van der Waals surface area contributed by atoms with Gasteiger partial charge in [-0.15, -0.1) is 23.1 Å². The highest BCUT2D eigenvalue weighted by Gasteiger charge is 2.13. The van der Waals surface area contributed by atoms with Crippen molar-refractivity contribution in [1.29, 1.82) is 0 Å². The summed E-state index contributed by atoms with van der Waals surface area (Å²) in [6, 6.07) is 11.2. The number of carbonyl (C=O) groups excluding carboxylic acids is 1. The molecule has 0 amide bonds. The Balaban J connectivity index is 2.39. The van der Waals surface area contributed by atoms with Gasteiger partial charge in [0.2, 0.25) is 0 Å². The maximum Gasteiger partial charge on any atom is 0.356 e. The highest BCUT2D eigenvalue weighted by molar-refractivity contribution is 8.07. The molecule has 0 aliphatic heterocycles. The van der Waals surface area contributed by atoms with Crippen LogP contribution in [0.4, 0.5) is 5.69 Å². The minimum absolute atomic E-state index is 0.278. The molecular weight excluding hydrogens is 342 g/mol. The van der Waals surface area contributed by atoms with Gasteiger partial charge in [0.05, 0.1) is 19.4 Å². The van der Waals surface area contributed by atoms with Gasteiger partial charge < -0.3 is 9.47 Å². The number of methoxy groups -OCH3 is 1. The van der Waals surface area contributed by atoms with Crippen molar-refractivity contribution in [2.45, 2.75) is 6.92 Å². The molecule has 0 aliphatic rings. The van der Waals surface area contributed by atoms with E-state index in [9.17, 15) is 4.79 Å². The van der Waals surface area contributed by atoms with Gasteiger partial charge in [-0.2, -0.15) is 0 Å². The Kier molecular flexibility index (Phi) is 7.08. The predicted octanol–water partition coefficient (Wildman–Crippen LogP) is 4.80. The summed E-state index contributed by atoms with van der Waals surface area (Å²) in [6.07, 6.45) is 3.75. The molecule has 2 rings (SSSR count). The summed E-state index contributed by atoms with van der Waals surface area (Å²) >= 11 is 3.19. The molecule has 0 N–H and O–H groups in total. The van der Waals surface area contributed by atoms with Crippen LogP contribution < -0.4 is 4.74 Å². The Morgan fingerprint density at radius 3 is 2.58 bits per heavy atom. The van der Waals surface area contributed by atoms with Gasteiger partial charge in [-0.05, 0) is 55.0 Å². The molecule has 0 bridgehead atoms. The summed E-state index contributed by atoms with van der Waals surface area (Å²) in [5, 5.41) is 2.00. The van der Waals surface area contributed by atoms with Crippen molar-refractivity contribution in [3.8, 4) is 5.75 Å². The molecule has 2 aromatic rings. The van der Waals surface area contributed by atoms with E-state index in [-0.39, 0.29) is 5.71 Å². The molecular formula is C18H19NO3S2. The first-order valence-corrected chi connectivity index (χ1v) is 9.47. The van der Waals surface area contributed by atoms with Crippen LogP contribution in [0.2, 0.25) is 0 Å². The lowest BCUT2D eigenvalue weighted by molar-refractivity contribution is -0.134. The molecule has 0 saturated heterocycles. The Hall–Kier alpha value is -2.05. The van der Waals surface area contributed by atoms with Crippen molar-refractivity contribution >= 4 is 45.4 Å². The zero-order valence-corrected chi connectivity index (χ0v) is 15.4. The van der Waals surface area contributed by atoms with Crippen molar-refractivity contribution in [2.24, 2.45) is 4.99 Å². The summed E-state index contributed by atoms with van der Waals surface area (Å²) in [4.78, 5) is 18.8. The monoisotopic (exact) mass is 361 g/mol. The maximum absolute atomic E-state index is 12.3. The number of thioether (sulfide) groups is 1. The Bertz CT molecular complexity index is 719. The van der Waals surface area contributed by atoms with Crippen molar-refractivity contribution in [1.82, 2.24) is 0 Å². The Labute approximate surface area is 150 Å². The molecule has 0 fully saturated rings. The first-order chi connectivity index (χ1) is 11.7. The molecule has 1 heterocycles. The molecule has 126 valence electrons. The topological polar surface area (TPSA) is 47.9 Å². The average molecular weight is 361 g/mol. The Morgan fingerprint density at radius 1 is 1.29 bits per heavy atom. The summed E-state index contributed by atoms with van der Waals surface area (Å²) in [5.41, 5.74) is 0.946. The number of hydrogen-bond donors (Lipinski definition) is 0. The van der Waals surface area contributed by atoms with Crippen LogP contribution in [0.3, 0.4) is 0 Å². The number of hydrogen-bond acceptors (Lipinski definition) is 6. The average Bonchev–Trinajstić information content (AvgIpc) is 3.13. The fraction of sp³-hybridized carbons (Fsp3) is 0.222. The second kappa shape index (κ2) is 9.30. The number of rotatable bonds is 7. The molecule has 0 aliphatic carbocycles. The van der Waals surface area contributed by atoms with Crippen molar-refractivity contribution < 1.29 is 14.3 Å². The van der Waals surface area contributed by atoms with E-state index in [1.807, 2.05) is 23.8 Å². The summed E-state index contributed by atoms with van der Waals surface area (Å²) in [6.45, 7) is 2.09. The van der Waals surface area contributed by atoms with Crippen LogP contribution in [-0.2, 0) is 9.53 Å². The third kappa shape index (κ3) is 4.97. The predicted molar refractivity (Wildman–Crippen MR) is 103 cm³/mol. The lowest BCUT2D eigenvalue weighted by Gasteiger charge is -2.06. The van der Waals surface area contributed by atoms with Gasteiger partial charge in [0.1, 0.15) is 11.5 Å². The molecule has 24 heavy (non-hydrogen) atoms. The summed E-state index contributed by atoms with van der Waals surface area (Å²) < 4.78 is 10.3. The molecule has 6 heteroatoms. The van der Waals surface area contributed by atoms with E-state index in [0.717, 1.165) is 15.5 Å². The quantitative estimate of drug-likeness (QED) is 0.525. The molecule has 0 radical (unpaired) electrons. The number of aliphatic imine (C=N–C) groups is 1. The van der Waals surface area contributed by atoms with Crippen LogP contribution in [0.5, 0.6) is 5.75 Å². The van der Waals surface area contributed by atoms with Crippen LogP contribution in [0.25, 0.3) is 4.91 Å². The largest absolute Gasteiger partial charge is 0.497 e.